The van der Waals surface area contributed by atoms with E-state index in [9.17, 15) is 4.79 Å². The van der Waals surface area contributed by atoms with Crippen LogP contribution in [0.15, 0.2) is 18.2 Å². The van der Waals surface area contributed by atoms with Crippen LogP contribution in [0.5, 0.6) is 5.75 Å². The standard InChI is InChI=1S/C8H5NO2/c9-4-6-1-2-8(11)3-7(6)5-10/h1-3,5,11H. The third-order valence-corrected chi connectivity index (χ3v) is 1.28. The summed E-state index contributed by atoms with van der Waals surface area (Å²) in [5.74, 6) is -0.00824. The average molecular weight is 147 g/mol. The summed E-state index contributed by atoms with van der Waals surface area (Å²) in [4.78, 5) is 10.3. The van der Waals surface area contributed by atoms with Gasteiger partial charge in [-0.15, -0.1) is 0 Å². The van der Waals surface area contributed by atoms with E-state index in [1.807, 2.05) is 6.07 Å². The molecule has 0 amide bonds. The lowest BCUT2D eigenvalue weighted by Gasteiger charge is -1.94. The minimum absolute atomic E-state index is 0.00824. The van der Waals surface area contributed by atoms with Crippen LogP contribution in [0.2, 0.25) is 0 Å². The number of carbonyl (C=O) groups is 1. The van der Waals surface area contributed by atoms with E-state index in [-0.39, 0.29) is 16.9 Å². The Labute approximate surface area is 63.5 Å². The Morgan fingerprint density at radius 3 is 2.82 bits per heavy atom. The highest BCUT2D eigenvalue weighted by atomic mass is 16.3. The van der Waals surface area contributed by atoms with Gasteiger partial charge in [0.25, 0.3) is 0 Å². The molecule has 0 unspecified atom stereocenters. The van der Waals surface area contributed by atoms with Gasteiger partial charge in [-0.25, -0.2) is 0 Å². The van der Waals surface area contributed by atoms with Crippen LogP contribution in [-0.2, 0) is 0 Å². The molecule has 1 aromatic rings. The van der Waals surface area contributed by atoms with Crippen molar-refractivity contribution in [2.45, 2.75) is 0 Å². The van der Waals surface area contributed by atoms with E-state index >= 15 is 0 Å². The highest BCUT2D eigenvalue weighted by molar-refractivity contribution is 5.79. The smallest absolute Gasteiger partial charge is 0.151 e. The average Bonchev–Trinajstić information content (AvgIpc) is 2.04. The van der Waals surface area contributed by atoms with Crippen molar-refractivity contribution in [3.63, 3.8) is 0 Å². The van der Waals surface area contributed by atoms with E-state index in [4.69, 9.17) is 10.4 Å². The summed E-state index contributed by atoms with van der Waals surface area (Å²) in [6.45, 7) is 0. The third-order valence-electron chi connectivity index (χ3n) is 1.28. The molecular formula is C8H5NO2. The number of aromatic hydroxyl groups is 1. The minimum Gasteiger partial charge on any atom is -0.508 e. The van der Waals surface area contributed by atoms with Crippen molar-refractivity contribution >= 4 is 6.29 Å². The Morgan fingerprint density at radius 2 is 2.27 bits per heavy atom. The normalized spacial score (nSPS) is 8.64. The fraction of sp³-hybridized carbons (Fsp3) is 0. The molecule has 0 atom stereocenters. The highest BCUT2D eigenvalue weighted by Gasteiger charge is 2.00. The summed E-state index contributed by atoms with van der Waals surface area (Å²) in [5.41, 5.74) is 0.491. The van der Waals surface area contributed by atoms with Crippen molar-refractivity contribution in [3.8, 4) is 11.8 Å². The van der Waals surface area contributed by atoms with Crippen LogP contribution < -0.4 is 0 Å². The first-order chi connectivity index (χ1) is 5.27. The summed E-state index contributed by atoms with van der Waals surface area (Å²) in [6.07, 6.45) is 0.540. The van der Waals surface area contributed by atoms with Crippen LogP contribution in [0.25, 0.3) is 0 Å². The number of hydrogen-bond donors (Lipinski definition) is 1. The molecule has 0 bridgehead atoms. The van der Waals surface area contributed by atoms with Crippen molar-refractivity contribution < 1.29 is 9.90 Å². The quantitative estimate of drug-likeness (QED) is 0.604. The van der Waals surface area contributed by atoms with E-state index in [2.05, 4.69) is 0 Å². The summed E-state index contributed by atoms with van der Waals surface area (Å²) in [7, 11) is 0. The first-order valence-electron chi connectivity index (χ1n) is 2.96. The van der Waals surface area contributed by atoms with E-state index < -0.39 is 0 Å². The predicted octanol–water partition coefficient (Wildman–Crippen LogP) is 1.08. The summed E-state index contributed by atoms with van der Waals surface area (Å²) < 4.78 is 0. The number of phenolic OH excluding ortho intramolecular Hbond substituents is 1. The molecule has 0 spiro atoms. The maximum absolute atomic E-state index is 10.3. The Morgan fingerprint density at radius 1 is 1.55 bits per heavy atom. The lowest BCUT2D eigenvalue weighted by Crippen LogP contribution is -1.85. The van der Waals surface area contributed by atoms with Crippen LogP contribution in [0.4, 0.5) is 0 Å². The third kappa shape index (κ3) is 1.36. The van der Waals surface area contributed by atoms with Crippen molar-refractivity contribution in [2.75, 3.05) is 0 Å². The zero-order valence-electron chi connectivity index (χ0n) is 5.61. The van der Waals surface area contributed by atoms with Gasteiger partial charge in [-0.05, 0) is 18.2 Å². The fourth-order valence-electron chi connectivity index (χ4n) is 0.749. The molecule has 1 aromatic carbocycles. The van der Waals surface area contributed by atoms with Crippen LogP contribution in [0.1, 0.15) is 15.9 Å². The number of nitriles is 1. The summed E-state index contributed by atoms with van der Waals surface area (Å²) in [5, 5.41) is 17.3. The number of aldehydes is 1. The van der Waals surface area contributed by atoms with Crippen LogP contribution in [0.3, 0.4) is 0 Å². The molecule has 0 aliphatic heterocycles. The molecule has 0 fully saturated rings. The van der Waals surface area contributed by atoms with Crippen molar-refractivity contribution in [1.29, 1.82) is 5.26 Å². The van der Waals surface area contributed by atoms with Gasteiger partial charge in [0.15, 0.2) is 6.29 Å². The number of benzene rings is 1. The van der Waals surface area contributed by atoms with Crippen molar-refractivity contribution in [1.82, 2.24) is 0 Å². The Kier molecular flexibility index (Phi) is 1.88. The first kappa shape index (κ1) is 7.29. The second-order valence-electron chi connectivity index (χ2n) is 2.00. The maximum atomic E-state index is 10.3. The molecule has 1 rings (SSSR count). The summed E-state index contributed by atoms with van der Waals surface area (Å²) in [6, 6.07) is 5.86. The number of rotatable bonds is 1. The highest BCUT2D eigenvalue weighted by Crippen LogP contribution is 2.13. The maximum Gasteiger partial charge on any atom is 0.151 e. The number of phenols is 1. The largest absolute Gasteiger partial charge is 0.508 e. The first-order valence-corrected chi connectivity index (χ1v) is 2.96. The molecule has 0 heterocycles. The lowest BCUT2D eigenvalue weighted by molar-refractivity contribution is 0.112. The molecule has 0 aliphatic rings. The molecule has 3 nitrogen and oxygen atoms in total. The number of carbonyl (C=O) groups excluding carboxylic acids is 1. The summed E-state index contributed by atoms with van der Waals surface area (Å²) >= 11 is 0. The molecule has 3 heteroatoms. The molecular weight excluding hydrogens is 142 g/mol. The monoisotopic (exact) mass is 147 g/mol. The van der Waals surface area contributed by atoms with Gasteiger partial charge in [-0.3, -0.25) is 4.79 Å². The molecule has 0 aliphatic carbocycles. The van der Waals surface area contributed by atoms with E-state index in [1.54, 1.807) is 0 Å². The Bertz CT molecular complexity index is 325. The molecule has 0 aromatic heterocycles. The van der Waals surface area contributed by atoms with E-state index in [0.29, 0.717) is 6.29 Å². The van der Waals surface area contributed by atoms with Gasteiger partial charge >= 0.3 is 0 Å². The molecule has 54 valence electrons. The van der Waals surface area contributed by atoms with Crippen molar-refractivity contribution in [3.05, 3.63) is 29.3 Å². The topological polar surface area (TPSA) is 61.1 Å². The van der Waals surface area contributed by atoms with Gasteiger partial charge < -0.3 is 5.11 Å². The van der Waals surface area contributed by atoms with E-state index in [1.165, 1.54) is 18.2 Å². The Hall–Kier alpha value is -1.82. The fourth-order valence-corrected chi connectivity index (χ4v) is 0.749. The van der Waals surface area contributed by atoms with Crippen LogP contribution >= 0.6 is 0 Å². The van der Waals surface area contributed by atoms with Gasteiger partial charge in [0.2, 0.25) is 0 Å². The van der Waals surface area contributed by atoms with Crippen molar-refractivity contribution in [2.24, 2.45) is 0 Å². The lowest BCUT2D eigenvalue weighted by atomic mass is 10.1. The predicted molar refractivity (Wildman–Crippen MR) is 38.2 cm³/mol. The minimum atomic E-state index is -0.00824. The molecule has 1 N–H and O–H groups in total. The molecule has 0 radical (unpaired) electrons. The van der Waals surface area contributed by atoms with Gasteiger partial charge in [-0.2, -0.15) is 5.26 Å². The van der Waals surface area contributed by atoms with E-state index in [0.717, 1.165) is 0 Å². The SMILES string of the molecule is N#Cc1ccc(O)cc1C=O. The molecule has 0 saturated carbocycles. The second kappa shape index (κ2) is 2.84. The zero-order chi connectivity index (χ0) is 8.27. The zero-order valence-corrected chi connectivity index (χ0v) is 5.61. The molecule has 11 heavy (non-hydrogen) atoms. The number of nitrogens with zero attached hydrogens (tertiary/aromatic N) is 1. The van der Waals surface area contributed by atoms with Crippen LogP contribution in [0, 0.1) is 11.3 Å². The van der Waals surface area contributed by atoms with Gasteiger partial charge in [-0.1, -0.05) is 0 Å². The van der Waals surface area contributed by atoms with Gasteiger partial charge in [0.1, 0.15) is 5.75 Å². The number of hydrogen-bond acceptors (Lipinski definition) is 3. The van der Waals surface area contributed by atoms with Crippen LogP contribution in [-0.4, -0.2) is 11.4 Å². The second-order valence-corrected chi connectivity index (χ2v) is 2.00. The van der Waals surface area contributed by atoms with Gasteiger partial charge in [0, 0.05) is 5.56 Å². The molecule has 0 saturated heterocycles. The Balaban J connectivity index is 3.30. The van der Waals surface area contributed by atoms with Gasteiger partial charge in [0.05, 0.1) is 11.6 Å².